The average molecular weight is 574 g/mol. The van der Waals surface area contributed by atoms with Crippen LogP contribution in [0.4, 0.5) is 8.78 Å². The van der Waals surface area contributed by atoms with E-state index in [1.807, 2.05) is 36.0 Å². The summed E-state index contributed by atoms with van der Waals surface area (Å²) in [6.45, 7) is 1.67. The van der Waals surface area contributed by atoms with Crippen molar-refractivity contribution < 1.29 is 8.78 Å². The lowest BCUT2D eigenvalue weighted by molar-refractivity contribution is -0.0841. The Morgan fingerprint density at radius 1 is 1.10 bits per heavy atom. The predicted molar refractivity (Wildman–Crippen MR) is 153 cm³/mol. The van der Waals surface area contributed by atoms with Crippen molar-refractivity contribution in [1.82, 2.24) is 35.2 Å². The molecule has 11 heteroatoms. The predicted octanol–water partition coefficient (Wildman–Crippen LogP) is 4.15. The number of aryl methyl sites for hydroxylation is 1. The van der Waals surface area contributed by atoms with E-state index < -0.39 is 6.55 Å². The quantitative estimate of drug-likeness (QED) is 0.409. The first kappa shape index (κ1) is 27.8. The van der Waals surface area contributed by atoms with E-state index >= 15 is 0 Å². The summed E-state index contributed by atoms with van der Waals surface area (Å²) in [4.78, 5) is 18.5. The summed E-state index contributed by atoms with van der Waals surface area (Å²) in [6.07, 6.45) is 7.97. The molecule has 8 nitrogen and oxygen atoms in total. The van der Waals surface area contributed by atoms with Crippen LogP contribution in [-0.4, -0.2) is 63.4 Å². The molecule has 3 aliphatic rings. The second-order valence-corrected chi connectivity index (χ2v) is 12.3. The molecule has 0 radical (unpaired) electrons. The number of piperidine rings is 1. The van der Waals surface area contributed by atoms with Gasteiger partial charge in [0.05, 0.1) is 23.6 Å². The number of hydrazine groups is 1. The number of hydrogen-bond acceptors (Lipinski definition) is 6. The molecule has 3 fully saturated rings. The Morgan fingerprint density at radius 2 is 1.95 bits per heavy atom. The standard InChI is InChI=1S/C29H38ClF2N7O/c1-17-4-3-5-25(23-11-18(6-8-33-23)28-24(34-14-17)15-36-39(28)29(31)32)38-16-35-22(13-26(38)40)21-12-20(30)10-19-7-9-37(2)27(19)21/h7,9-10,12-13,16-18,23-25,28-29,33-34,36H,3-6,8,11,14-15H2,1-2H3/t17-,18?,23?,24?,25+,28?/m1/s1. The van der Waals surface area contributed by atoms with Gasteiger partial charge in [0.1, 0.15) is 0 Å². The van der Waals surface area contributed by atoms with E-state index in [1.165, 1.54) is 0 Å². The van der Waals surface area contributed by atoms with Gasteiger partial charge in [-0.2, -0.15) is 13.8 Å². The maximum absolute atomic E-state index is 14.0. The van der Waals surface area contributed by atoms with E-state index in [0.717, 1.165) is 66.7 Å². The van der Waals surface area contributed by atoms with Gasteiger partial charge in [0.2, 0.25) is 0 Å². The van der Waals surface area contributed by atoms with Crippen LogP contribution in [0.2, 0.25) is 5.02 Å². The third kappa shape index (κ3) is 5.32. The molecular weight excluding hydrogens is 536 g/mol. The number of alkyl halides is 2. The maximum Gasteiger partial charge on any atom is 0.307 e. The minimum atomic E-state index is -2.56. The molecule has 0 amide bonds. The van der Waals surface area contributed by atoms with E-state index in [-0.39, 0.29) is 35.6 Å². The van der Waals surface area contributed by atoms with Crippen LogP contribution in [0, 0.1) is 11.8 Å². The summed E-state index contributed by atoms with van der Waals surface area (Å²) in [6, 6.07) is 6.92. The largest absolute Gasteiger partial charge is 0.350 e. The third-order valence-electron chi connectivity index (χ3n) is 9.19. The van der Waals surface area contributed by atoms with Gasteiger partial charge in [0.15, 0.2) is 0 Å². The molecule has 216 valence electrons. The first-order chi connectivity index (χ1) is 19.3. The van der Waals surface area contributed by atoms with Gasteiger partial charge in [0, 0.05) is 60.0 Å². The van der Waals surface area contributed by atoms with E-state index in [4.69, 9.17) is 16.6 Å². The Bertz CT molecular complexity index is 1410. The molecule has 0 saturated carbocycles. The van der Waals surface area contributed by atoms with Crippen LogP contribution in [-0.2, 0) is 7.05 Å². The van der Waals surface area contributed by atoms with Crippen LogP contribution in [0.1, 0.15) is 45.1 Å². The number of nitrogens with zero attached hydrogens (tertiary/aromatic N) is 4. The Kier molecular flexibility index (Phi) is 7.98. The van der Waals surface area contributed by atoms with E-state index in [0.29, 0.717) is 23.2 Å². The molecule has 3 aliphatic heterocycles. The first-order valence-corrected chi connectivity index (χ1v) is 14.8. The van der Waals surface area contributed by atoms with E-state index in [1.54, 1.807) is 17.0 Å². The molecule has 0 aliphatic carbocycles. The molecule has 3 aromatic rings. The number of rotatable bonds is 3. The second-order valence-electron chi connectivity index (χ2n) is 11.8. The summed E-state index contributed by atoms with van der Waals surface area (Å²) in [5.41, 5.74) is 5.23. The lowest BCUT2D eigenvalue weighted by Crippen LogP contribution is -2.56. The highest BCUT2D eigenvalue weighted by Gasteiger charge is 2.45. The zero-order chi connectivity index (χ0) is 28.0. The SMILES string of the molecule is C[C@@H]1CCC[C@H](n2cnc(-c3cc(Cl)cc4ccn(C)c34)cc2=O)C2CC(CCN2)C2C(CNN2C(F)F)NC1. The highest BCUT2D eigenvalue weighted by atomic mass is 35.5. The number of hydrogen-bond donors (Lipinski definition) is 3. The fourth-order valence-corrected chi connectivity index (χ4v) is 7.46. The number of benzene rings is 1. The van der Waals surface area contributed by atoms with Crippen molar-refractivity contribution in [2.24, 2.45) is 18.9 Å². The number of halogens is 3. The molecule has 3 saturated heterocycles. The van der Waals surface area contributed by atoms with Gasteiger partial charge in [-0.1, -0.05) is 24.9 Å². The van der Waals surface area contributed by atoms with Crippen molar-refractivity contribution in [3.8, 4) is 11.3 Å². The average Bonchev–Trinajstić information content (AvgIpc) is 3.53. The fraction of sp³-hybridized carbons (Fsp3) is 0.586. The highest BCUT2D eigenvalue weighted by molar-refractivity contribution is 6.31. The lowest BCUT2D eigenvalue weighted by Gasteiger charge is -2.42. The van der Waals surface area contributed by atoms with Gasteiger partial charge in [-0.3, -0.25) is 9.36 Å². The molecule has 4 unspecified atom stereocenters. The van der Waals surface area contributed by atoms with Gasteiger partial charge in [-0.15, -0.1) is 0 Å². The molecule has 1 aromatic carbocycles. The summed E-state index contributed by atoms with van der Waals surface area (Å²) in [5, 5.41) is 9.99. The molecule has 6 rings (SSSR count). The Labute approximate surface area is 238 Å². The number of fused-ring (bicyclic) bond motifs is 5. The van der Waals surface area contributed by atoms with Crippen LogP contribution in [0.5, 0.6) is 0 Å². The maximum atomic E-state index is 14.0. The van der Waals surface area contributed by atoms with Crippen molar-refractivity contribution in [3.05, 3.63) is 52.2 Å². The van der Waals surface area contributed by atoms with Gasteiger partial charge < -0.3 is 15.2 Å². The van der Waals surface area contributed by atoms with Crippen LogP contribution in [0.25, 0.3) is 22.2 Å². The van der Waals surface area contributed by atoms with Crippen molar-refractivity contribution in [3.63, 3.8) is 0 Å². The number of nitrogens with one attached hydrogen (secondary N) is 3. The molecule has 6 atom stereocenters. The van der Waals surface area contributed by atoms with Gasteiger partial charge in [0.25, 0.3) is 5.56 Å². The summed E-state index contributed by atoms with van der Waals surface area (Å²) in [7, 11) is 1.97. The van der Waals surface area contributed by atoms with Crippen molar-refractivity contribution in [2.45, 2.75) is 69.7 Å². The molecule has 2 bridgehead atoms. The van der Waals surface area contributed by atoms with E-state index in [9.17, 15) is 13.6 Å². The lowest BCUT2D eigenvalue weighted by atomic mass is 9.79. The second kappa shape index (κ2) is 11.5. The molecule has 2 aromatic heterocycles. The normalized spacial score (nSPS) is 30.2. The van der Waals surface area contributed by atoms with Crippen molar-refractivity contribution >= 4 is 22.5 Å². The summed E-state index contributed by atoms with van der Waals surface area (Å²) >= 11 is 6.41. The summed E-state index contributed by atoms with van der Waals surface area (Å²) < 4.78 is 31.8. The zero-order valence-corrected chi connectivity index (χ0v) is 23.7. The highest BCUT2D eigenvalue weighted by Crippen LogP contribution is 2.35. The van der Waals surface area contributed by atoms with Gasteiger partial charge >= 0.3 is 6.55 Å². The van der Waals surface area contributed by atoms with E-state index in [2.05, 4.69) is 23.0 Å². The van der Waals surface area contributed by atoms with Crippen molar-refractivity contribution in [1.29, 1.82) is 0 Å². The van der Waals surface area contributed by atoms with Crippen LogP contribution in [0.3, 0.4) is 0 Å². The van der Waals surface area contributed by atoms with Crippen molar-refractivity contribution in [2.75, 3.05) is 19.6 Å². The van der Waals surface area contributed by atoms with Gasteiger partial charge in [-0.25, -0.2) is 10.4 Å². The Balaban J connectivity index is 1.34. The molecule has 3 N–H and O–H groups in total. The van der Waals surface area contributed by atoms with Crippen LogP contribution >= 0.6 is 11.6 Å². The fourth-order valence-electron chi connectivity index (χ4n) is 7.23. The monoisotopic (exact) mass is 573 g/mol. The number of aromatic nitrogens is 3. The van der Waals surface area contributed by atoms with Crippen LogP contribution in [0.15, 0.2) is 41.6 Å². The third-order valence-corrected chi connectivity index (χ3v) is 9.41. The molecule has 5 heterocycles. The minimum Gasteiger partial charge on any atom is -0.350 e. The molecule has 40 heavy (non-hydrogen) atoms. The topological polar surface area (TPSA) is 79.2 Å². The van der Waals surface area contributed by atoms with Gasteiger partial charge in [-0.05, 0) is 68.8 Å². The zero-order valence-electron chi connectivity index (χ0n) is 23.0. The summed E-state index contributed by atoms with van der Waals surface area (Å²) in [5.74, 6) is 0.479. The molecule has 0 spiro atoms. The Morgan fingerprint density at radius 3 is 2.75 bits per heavy atom. The smallest absolute Gasteiger partial charge is 0.307 e. The Hall–Kier alpha value is -2.37. The van der Waals surface area contributed by atoms with Crippen LogP contribution < -0.4 is 21.6 Å². The first-order valence-electron chi connectivity index (χ1n) is 14.4. The minimum absolute atomic E-state index is 0.00893. The molecular formula is C29H38ClF2N7O.